The second-order valence-corrected chi connectivity index (χ2v) is 8.02. The molecule has 0 atom stereocenters. The van der Waals surface area contributed by atoms with Crippen LogP contribution in [0.15, 0.2) is 47.0 Å². The zero-order valence-corrected chi connectivity index (χ0v) is 18.4. The molecule has 0 aliphatic carbocycles. The summed E-state index contributed by atoms with van der Waals surface area (Å²) in [6, 6.07) is 11.1. The van der Waals surface area contributed by atoms with Gasteiger partial charge in [0.1, 0.15) is 18.1 Å². The predicted molar refractivity (Wildman–Crippen MR) is 115 cm³/mol. The Morgan fingerprint density at radius 2 is 1.84 bits per heavy atom. The molecule has 2 aromatic heterocycles. The predicted octanol–water partition coefficient (Wildman–Crippen LogP) is 4.41. The Morgan fingerprint density at radius 1 is 1.13 bits per heavy atom. The van der Waals surface area contributed by atoms with Crippen molar-refractivity contribution in [1.29, 1.82) is 0 Å². The van der Waals surface area contributed by atoms with Gasteiger partial charge in [0, 0.05) is 12.7 Å². The Hall–Kier alpha value is -3.55. The summed E-state index contributed by atoms with van der Waals surface area (Å²) in [6.07, 6.45) is 1.57. The van der Waals surface area contributed by atoms with Crippen molar-refractivity contribution in [3.63, 3.8) is 0 Å². The highest BCUT2D eigenvalue weighted by atomic mass is 16.5. The van der Waals surface area contributed by atoms with Crippen molar-refractivity contribution < 1.29 is 23.5 Å². The fourth-order valence-electron chi connectivity index (χ4n) is 2.89. The van der Waals surface area contributed by atoms with Crippen LogP contribution in [0.3, 0.4) is 0 Å². The number of ether oxygens (including phenoxy) is 2. The highest BCUT2D eigenvalue weighted by molar-refractivity contribution is 6.05. The maximum atomic E-state index is 12.6. The summed E-state index contributed by atoms with van der Waals surface area (Å²) in [6.45, 7) is 9.05. The molecule has 2 heterocycles. The van der Waals surface area contributed by atoms with Crippen molar-refractivity contribution >= 4 is 17.6 Å². The highest BCUT2D eigenvalue weighted by Gasteiger charge is 2.21. The van der Waals surface area contributed by atoms with Crippen molar-refractivity contribution in [2.75, 3.05) is 12.4 Å². The number of nitrogens with zero attached hydrogens (tertiary/aromatic N) is 2. The molecule has 8 nitrogen and oxygen atoms in total. The van der Waals surface area contributed by atoms with Crippen LogP contribution in [-0.2, 0) is 23.3 Å². The molecule has 31 heavy (non-hydrogen) atoms. The lowest BCUT2D eigenvalue weighted by molar-refractivity contribution is 0.0594. The second kappa shape index (κ2) is 9.07. The molecule has 1 amide bonds. The third kappa shape index (κ3) is 5.33. The van der Waals surface area contributed by atoms with Gasteiger partial charge < -0.3 is 19.2 Å². The van der Waals surface area contributed by atoms with E-state index < -0.39 is 11.9 Å². The van der Waals surface area contributed by atoms with Gasteiger partial charge in [0.15, 0.2) is 11.5 Å². The highest BCUT2D eigenvalue weighted by Crippen LogP contribution is 2.25. The van der Waals surface area contributed by atoms with Crippen LogP contribution >= 0.6 is 0 Å². The molecular formula is C23H27N3O5. The Bertz CT molecular complexity index is 1060. The quantitative estimate of drug-likeness (QED) is 0.563. The number of carbonyl (C=O) groups is 2. The van der Waals surface area contributed by atoms with E-state index >= 15 is 0 Å². The Balaban J connectivity index is 1.64. The van der Waals surface area contributed by atoms with Crippen LogP contribution in [0.25, 0.3) is 0 Å². The Kier molecular flexibility index (Phi) is 6.48. The van der Waals surface area contributed by atoms with Crippen molar-refractivity contribution in [2.45, 2.75) is 46.3 Å². The maximum absolute atomic E-state index is 12.6. The van der Waals surface area contributed by atoms with Gasteiger partial charge in [0.05, 0.1) is 12.8 Å². The van der Waals surface area contributed by atoms with Crippen molar-refractivity contribution in [3.8, 4) is 5.75 Å². The van der Waals surface area contributed by atoms with Crippen molar-refractivity contribution in [2.24, 2.45) is 0 Å². The molecule has 164 valence electrons. The largest absolute Gasteiger partial charge is 0.486 e. The minimum Gasteiger partial charge on any atom is -0.486 e. The van der Waals surface area contributed by atoms with Crippen LogP contribution in [0.4, 0.5) is 5.69 Å². The lowest BCUT2D eigenvalue weighted by atomic mass is 9.87. The van der Waals surface area contributed by atoms with Gasteiger partial charge >= 0.3 is 5.97 Å². The summed E-state index contributed by atoms with van der Waals surface area (Å²) in [7, 11) is 1.26. The van der Waals surface area contributed by atoms with E-state index in [-0.39, 0.29) is 29.2 Å². The number of furan rings is 1. The van der Waals surface area contributed by atoms with Crippen molar-refractivity contribution in [3.05, 3.63) is 65.4 Å². The number of hydrogen-bond acceptors (Lipinski definition) is 6. The summed E-state index contributed by atoms with van der Waals surface area (Å²) in [5.74, 6) is 0.185. The lowest BCUT2D eigenvalue weighted by Gasteiger charge is -2.19. The van der Waals surface area contributed by atoms with Gasteiger partial charge in [-0.15, -0.1) is 0 Å². The van der Waals surface area contributed by atoms with Gasteiger partial charge in [-0.05, 0) is 42.2 Å². The van der Waals surface area contributed by atoms with Gasteiger partial charge in [0.2, 0.25) is 0 Å². The third-order valence-electron chi connectivity index (χ3n) is 4.70. The van der Waals surface area contributed by atoms with Gasteiger partial charge in [-0.2, -0.15) is 5.10 Å². The van der Waals surface area contributed by atoms with Crippen LogP contribution in [-0.4, -0.2) is 28.8 Å². The number of rotatable bonds is 7. The molecule has 0 unspecified atom stereocenters. The first kappa shape index (κ1) is 22.1. The first-order valence-corrected chi connectivity index (χ1v) is 10.0. The maximum Gasteiger partial charge on any atom is 0.360 e. The average molecular weight is 425 g/mol. The Labute approximate surface area is 181 Å². The van der Waals surface area contributed by atoms with Crippen LogP contribution in [0.5, 0.6) is 5.75 Å². The number of methoxy groups -OCH3 is 1. The summed E-state index contributed by atoms with van der Waals surface area (Å²) >= 11 is 0. The molecule has 0 radical (unpaired) electrons. The molecular weight excluding hydrogens is 398 g/mol. The van der Waals surface area contributed by atoms with Gasteiger partial charge in [0.25, 0.3) is 5.91 Å². The molecule has 8 heteroatoms. The number of aromatic nitrogens is 2. The summed E-state index contributed by atoms with van der Waals surface area (Å²) in [5, 5.41) is 6.76. The van der Waals surface area contributed by atoms with E-state index in [1.165, 1.54) is 17.4 Å². The average Bonchev–Trinajstić information content (AvgIpc) is 3.38. The van der Waals surface area contributed by atoms with Crippen molar-refractivity contribution in [1.82, 2.24) is 9.78 Å². The standard InChI is InChI=1S/C23H27N3O5/c1-6-26-13-18(20(25-26)22(28)29-5)24-21(27)19-12-11-17(31-19)14-30-16-9-7-15(8-10-16)23(2,3)4/h7-13H,6,14H2,1-5H3,(H,24,27). The fraction of sp³-hybridized carbons (Fsp3) is 0.348. The van der Waals surface area contributed by atoms with E-state index in [0.717, 1.165) is 0 Å². The summed E-state index contributed by atoms with van der Waals surface area (Å²) < 4.78 is 17.6. The molecule has 3 aromatic rings. The lowest BCUT2D eigenvalue weighted by Crippen LogP contribution is -2.14. The number of benzene rings is 1. The zero-order valence-electron chi connectivity index (χ0n) is 18.4. The Morgan fingerprint density at radius 3 is 2.45 bits per heavy atom. The number of anilines is 1. The number of esters is 1. The molecule has 0 spiro atoms. The molecule has 0 fully saturated rings. The van der Waals surface area contributed by atoms with Gasteiger partial charge in [-0.1, -0.05) is 32.9 Å². The molecule has 1 N–H and O–H groups in total. The molecule has 0 aliphatic heterocycles. The third-order valence-corrected chi connectivity index (χ3v) is 4.70. The normalized spacial score (nSPS) is 11.3. The topological polar surface area (TPSA) is 95.6 Å². The fourth-order valence-corrected chi connectivity index (χ4v) is 2.89. The molecule has 0 bridgehead atoms. The smallest absolute Gasteiger partial charge is 0.360 e. The minimum atomic E-state index is -0.631. The molecule has 0 saturated carbocycles. The van der Waals surface area contributed by atoms with Gasteiger partial charge in [-0.25, -0.2) is 4.79 Å². The van der Waals surface area contributed by atoms with E-state index in [1.54, 1.807) is 18.3 Å². The van der Waals surface area contributed by atoms with Crippen LogP contribution in [0.1, 0.15) is 60.1 Å². The van der Waals surface area contributed by atoms with E-state index in [1.807, 2.05) is 31.2 Å². The number of hydrogen-bond donors (Lipinski definition) is 1. The number of nitrogens with one attached hydrogen (secondary N) is 1. The summed E-state index contributed by atoms with van der Waals surface area (Å²) in [5.41, 5.74) is 1.58. The van der Waals surface area contributed by atoms with E-state index in [4.69, 9.17) is 13.9 Å². The van der Waals surface area contributed by atoms with Crippen LogP contribution in [0, 0.1) is 0 Å². The number of carbonyl (C=O) groups excluding carboxylic acids is 2. The molecule has 3 rings (SSSR count). The van der Waals surface area contributed by atoms with E-state index in [9.17, 15) is 9.59 Å². The number of aryl methyl sites for hydroxylation is 1. The monoisotopic (exact) mass is 425 g/mol. The SMILES string of the molecule is CCn1cc(NC(=O)c2ccc(COc3ccc(C(C)(C)C)cc3)o2)c(C(=O)OC)n1. The zero-order chi connectivity index (χ0) is 22.6. The molecule has 1 aromatic carbocycles. The second-order valence-electron chi connectivity index (χ2n) is 8.02. The molecule has 0 aliphatic rings. The van der Waals surface area contributed by atoms with E-state index in [2.05, 4.69) is 31.2 Å². The van der Waals surface area contributed by atoms with Crippen LogP contribution < -0.4 is 10.1 Å². The molecule has 0 saturated heterocycles. The first-order chi connectivity index (χ1) is 14.7. The van der Waals surface area contributed by atoms with E-state index in [0.29, 0.717) is 18.1 Å². The van der Waals surface area contributed by atoms with Crippen LogP contribution in [0.2, 0.25) is 0 Å². The first-order valence-electron chi connectivity index (χ1n) is 10.0. The minimum absolute atomic E-state index is 0.0338. The number of amides is 1. The van der Waals surface area contributed by atoms with Gasteiger partial charge in [-0.3, -0.25) is 9.48 Å². The summed E-state index contributed by atoms with van der Waals surface area (Å²) in [4.78, 5) is 24.5.